The summed E-state index contributed by atoms with van der Waals surface area (Å²) < 4.78 is 1.33. The molecule has 0 radical (unpaired) electrons. The van der Waals surface area contributed by atoms with Gasteiger partial charge in [0.1, 0.15) is 0 Å². The molecule has 2 unspecified atom stereocenters. The van der Waals surface area contributed by atoms with Crippen molar-refractivity contribution < 1.29 is 0 Å². The molecular weight excluding hydrogens is 937 g/mol. The molecule has 12 rings (SSSR count). The molecule has 0 fully saturated rings. The van der Waals surface area contributed by atoms with E-state index in [1.54, 1.807) is 6.08 Å². The second kappa shape index (κ2) is 24.1. The van der Waals surface area contributed by atoms with Crippen LogP contribution >= 0.6 is 11.3 Å². The lowest BCUT2D eigenvalue weighted by molar-refractivity contribution is 0.674. The highest BCUT2D eigenvalue weighted by Crippen LogP contribution is 2.61. The first-order valence-corrected chi connectivity index (χ1v) is 27.3. The lowest BCUT2D eigenvalue weighted by Crippen LogP contribution is -2.24. The van der Waals surface area contributed by atoms with E-state index in [0.29, 0.717) is 0 Å². The molecule has 2 aliphatic rings. The minimum absolute atomic E-state index is 0.130. The summed E-state index contributed by atoms with van der Waals surface area (Å²) in [6.07, 6.45) is 19.6. The van der Waals surface area contributed by atoms with Gasteiger partial charge in [0.05, 0.1) is 6.04 Å². The van der Waals surface area contributed by atoms with E-state index in [9.17, 15) is 0 Å². The van der Waals surface area contributed by atoms with Crippen LogP contribution in [-0.2, 0) is 0 Å². The zero-order chi connectivity index (χ0) is 52.2. The molecular formula is C73H64N2S. The van der Waals surface area contributed by atoms with Crippen molar-refractivity contribution in [2.45, 2.75) is 46.1 Å². The fourth-order valence-electron chi connectivity index (χ4n) is 10.5. The van der Waals surface area contributed by atoms with Crippen LogP contribution in [0.1, 0.15) is 67.6 Å². The average molecular weight is 1000 g/mol. The van der Waals surface area contributed by atoms with Crippen LogP contribution in [0.15, 0.2) is 291 Å². The molecule has 0 spiro atoms. The molecule has 2 atom stereocenters. The molecule has 10 aromatic rings. The van der Waals surface area contributed by atoms with E-state index in [0.717, 1.165) is 23.5 Å². The molecule has 0 N–H and O–H groups in total. The highest BCUT2D eigenvalue weighted by molar-refractivity contribution is 7.20. The molecule has 1 aromatic heterocycles. The van der Waals surface area contributed by atoms with Gasteiger partial charge in [0, 0.05) is 54.9 Å². The minimum atomic E-state index is 0.130. The largest absolute Gasteiger partial charge is 0.332 e. The highest BCUT2D eigenvalue weighted by Gasteiger charge is 2.45. The maximum atomic E-state index is 3.54. The summed E-state index contributed by atoms with van der Waals surface area (Å²) >= 11 is 1.93. The van der Waals surface area contributed by atoms with Gasteiger partial charge in [-0.2, -0.15) is 0 Å². The number of benzene rings is 9. The van der Waals surface area contributed by atoms with Crippen molar-refractivity contribution in [3.8, 4) is 22.3 Å². The van der Waals surface area contributed by atoms with Gasteiger partial charge in [-0.25, -0.2) is 0 Å². The molecule has 0 saturated heterocycles. The molecule has 0 bridgehead atoms. The lowest BCUT2D eigenvalue weighted by atomic mass is 9.80. The average Bonchev–Trinajstić information content (AvgIpc) is 4.25. The summed E-state index contributed by atoms with van der Waals surface area (Å²) in [5.41, 5.74) is 17.4. The number of thiophene rings is 1. The van der Waals surface area contributed by atoms with E-state index in [1.165, 1.54) is 87.2 Å². The van der Waals surface area contributed by atoms with Gasteiger partial charge in [-0.15, -0.1) is 11.3 Å². The van der Waals surface area contributed by atoms with Gasteiger partial charge in [-0.1, -0.05) is 244 Å². The molecule has 372 valence electrons. The molecule has 0 saturated carbocycles. The molecule has 76 heavy (non-hydrogen) atoms. The Morgan fingerprint density at radius 1 is 0.526 bits per heavy atom. The van der Waals surface area contributed by atoms with Gasteiger partial charge in [0.25, 0.3) is 0 Å². The van der Waals surface area contributed by atoms with Crippen LogP contribution < -0.4 is 9.80 Å². The van der Waals surface area contributed by atoms with Crippen molar-refractivity contribution in [3.63, 3.8) is 0 Å². The summed E-state index contributed by atoms with van der Waals surface area (Å²) in [7, 11) is 0. The predicted octanol–water partition coefficient (Wildman–Crippen LogP) is 21.5. The van der Waals surface area contributed by atoms with Crippen molar-refractivity contribution in [2.24, 2.45) is 0 Å². The Morgan fingerprint density at radius 3 is 1.66 bits per heavy atom. The quantitative estimate of drug-likeness (QED) is 0.119. The van der Waals surface area contributed by atoms with Gasteiger partial charge in [0.2, 0.25) is 0 Å². The summed E-state index contributed by atoms with van der Waals surface area (Å²) in [5.74, 6) is 0.179. The summed E-state index contributed by atoms with van der Waals surface area (Å²) in [4.78, 5) is 6.37. The van der Waals surface area contributed by atoms with E-state index in [4.69, 9.17) is 0 Å². The SMILES string of the molecule is C/C=C\C=C/CC.C1=C(c2ccc(N(c3ccc(-c4ccccc4)cc3)c3ccc(-c4ccccc4)cc3)cc2)c2sc3ccccc3c2C2C1c1ccccc1N2c1cccc2ccccc12.C=C/C=C\C=C(C)C. The number of hydrogen-bond acceptors (Lipinski definition) is 3. The first-order chi connectivity index (χ1) is 37.4. The van der Waals surface area contributed by atoms with Crippen molar-refractivity contribution >= 4 is 66.2 Å². The number of allylic oxidation sites excluding steroid dienone is 9. The van der Waals surface area contributed by atoms with Gasteiger partial charge in [0.15, 0.2) is 0 Å². The zero-order valence-corrected chi connectivity index (χ0v) is 44.7. The third-order valence-electron chi connectivity index (χ3n) is 14.0. The van der Waals surface area contributed by atoms with Crippen LogP contribution in [0.2, 0.25) is 0 Å². The number of rotatable bonds is 11. The normalized spacial score (nSPS) is 14.3. The number of para-hydroxylation sites is 1. The summed E-state index contributed by atoms with van der Waals surface area (Å²) in [5, 5.41) is 3.89. The Balaban J connectivity index is 0.000000386. The Morgan fingerprint density at radius 2 is 1.05 bits per heavy atom. The number of hydrogen-bond donors (Lipinski definition) is 0. The standard InChI is InChI=1S/C58H40N2S.C8H12.C7H12/c1-3-14-39(15-4-1)41-26-32-45(33-27-41)59(46-34-28-42(29-35-46)40-16-5-2-6-17-40)47-36-30-44(31-37-47)51-38-52-49-21-9-11-23-54(49)60(53-24-13-19-43-18-7-8-20-48(43)53)57(52)56-50-22-10-12-25-55(50)61-58(51)56;1-4-5-6-7-8(2)3;1-3-5-7-6-4-2/h1-38,52,57H;4-7H,1H2,2-3H3;3,5-7H,4H2,1-2H3/b;6-5-;5-3-,7-6-. The van der Waals surface area contributed by atoms with Crippen molar-refractivity contribution in [3.05, 3.63) is 313 Å². The number of anilines is 5. The third-order valence-corrected chi connectivity index (χ3v) is 15.2. The Kier molecular flexibility index (Phi) is 16.1. The molecule has 1 aliphatic carbocycles. The molecule has 1 aliphatic heterocycles. The summed E-state index contributed by atoms with van der Waals surface area (Å²) in [6.45, 7) is 11.8. The van der Waals surface area contributed by atoms with E-state index in [-0.39, 0.29) is 12.0 Å². The lowest BCUT2D eigenvalue weighted by Gasteiger charge is -2.34. The maximum Gasteiger partial charge on any atom is 0.0716 e. The van der Waals surface area contributed by atoms with E-state index < -0.39 is 0 Å². The Hall–Kier alpha value is -8.76. The van der Waals surface area contributed by atoms with Crippen molar-refractivity contribution in [1.29, 1.82) is 0 Å². The van der Waals surface area contributed by atoms with Crippen LogP contribution in [0.4, 0.5) is 28.4 Å². The molecule has 2 nitrogen and oxygen atoms in total. The topological polar surface area (TPSA) is 6.48 Å². The van der Waals surface area contributed by atoms with Crippen molar-refractivity contribution in [2.75, 3.05) is 9.80 Å². The van der Waals surface area contributed by atoms with Crippen LogP contribution in [0.5, 0.6) is 0 Å². The van der Waals surface area contributed by atoms with E-state index in [1.807, 2.05) is 48.6 Å². The van der Waals surface area contributed by atoms with Gasteiger partial charge in [-0.3, -0.25) is 0 Å². The predicted molar refractivity (Wildman–Crippen MR) is 332 cm³/mol. The third kappa shape index (κ3) is 10.9. The van der Waals surface area contributed by atoms with Crippen LogP contribution in [-0.4, -0.2) is 0 Å². The first kappa shape index (κ1) is 50.8. The number of nitrogens with zero attached hydrogens (tertiary/aromatic N) is 2. The van der Waals surface area contributed by atoms with E-state index in [2.05, 4.69) is 280 Å². The van der Waals surface area contributed by atoms with Crippen LogP contribution in [0, 0.1) is 0 Å². The summed E-state index contributed by atoms with van der Waals surface area (Å²) in [6, 6.07) is 82.2. The zero-order valence-electron chi connectivity index (χ0n) is 43.9. The van der Waals surface area contributed by atoms with Crippen LogP contribution in [0.3, 0.4) is 0 Å². The minimum Gasteiger partial charge on any atom is -0.332 e. The molecule has 0 amide bonds. The van der Waals surface area contributed by atoms with Crippen molar-refractivity contribution in [1.82, 2.24) is 0 Å². The second-order valence-electron chi connectivity index (χ2n) is 19.3. The van der Waals surface area contributed by atoms with Gasteiger partial charge >= 0.3 is 0 Å². The second-order valence-corrected chi connectivity index (χ2v) is 20.3. The Bertz CT molecular complexity index is 3630. The fraction of sp³-hybridized carbons (Fsp3) is 0.0959. The molecule has 3 heteroatoms. The Labute approximate surface area is 454 Å². The highest BCUT2D eigenvalue weighted by atomic mass is 32.1. The van der Waals surface area contributed by atoms with Gasteiger partial charge in [-0.05, 0) is 132 Å². The monoisotopic (exact) mass is 1000 g/mol. The smallest absolute Gasteiger partial charge is 0.0716 e. The molecule has 9 aromatic carbocycles. The maximum absolute atomic E-state index is 3.54. The number of fused-ring (bicyclic) bond motifs is 8. The first-order valence-electron chi connectivity index (χ1n) is 26.5. The molecule has 2 heterocycles. The van der Waals surface area contributed by atoms with Crippen LogP contribution in [0.25, 0.3) is 48.7 Å². The van der Waals surface area contributed by atoms with Gasteiger partial charge < -0.3 is 9.80 Å². The fourth-order valence-corrected chi connectivity index (χ4v) is 11.7. The van der Waals surface area contributed by atoms with E-state index >= 15 is 0 Å².